The van der Waals surface area contributed by atoms with Gasteiger partial charge in [-0.05, 0) is 18.2 Å². The Kier molecular flexibility index (Phi) is 8.68. The van der Waals surface area contributed by atoms with Crippen molar-refractivity contribution in [3.05, 3.63) is 78.9 Å². The van der Waals surface area contributed by atoms with Gasteiger partial charge in [0.05, 0.1) is 31.7 Å². The molecule has 0 unspecified atom stereocenters. The van der Waals surface area contributed by atoms with E-state index in [1.54, 1.807) is 18.2 Å². The van der Waals surface area contributed by atoms with Crippen molar-refractivity contribution in [3.8, 4) is 11.5 Å². The van der Waals surface area contributed by atoms with Gasteiger partial charge in [-0.2, -0.15) is 0 Å². The van der Waals surface area contributed by atoms with E-state index in [2.05, 4.69) is 0 Å². The lowest BCUT2D eigenvalue weighted by atomic mass is 10.3. The largest absolute Gasteiger partial charge is 0.491 e. The SMILES string of the molecule is O=P(c1ccccc1)(c1ccccc1)c1cc(OCCOCCO)ccc1OCCO. The van der Waals surface area contributed by atoms with E-state index in [0.717, 1.165) is 0 Å². The van der Waals surface area contributed by atoms with Gasteiger partial charge in [0.1, 0.15) is 24.7 Å². The van der Waals surface area contributed by atoms with Gasteiger partial charge in [-0.25, -0.2) is 0 Å². The summed E-state index contributed by atoms with van der Waals surface area (Å²) in [6.45, 7) is 0.760. The highest BCUT2D eigenvalue weighted by Gasteiger charge is 2.33. The third-order valence-corrected chi connectivity index (χ3v) is 7.67. The molecule has 0 aliphatic heterocycles. The molecule has 164 valence electrons. The molecule has 0 amide bonds. The quantitative estimate of drug-likeness (QED) is 0.330. The zero-order chi connectivity index (χ0) is 21.9. The van der Waals surface area contributed by atoms with E-state index in [1.807, 2.05) is 60.7 Å². The summed E-state index contributed by atoms with van der Waals surface area (Å²) in [6.07, 6.45) is 0. The van der Waals surface area contributed by atoms with Crippen molar-refractivity contribution in [3.63, 3.8) is 0 Å². The normalized spacial score (nSPS) is 11.3. The highest BCUT2D eigenvalue weighted by atomic mass is 31.2. The molecule has 31 heavy (non-hydrogen) atoms. The van der Waals surface area contributed by atoms with E-state index in [4.69, 9.17) is 19.3 Å². The summed E-state index contributed by atoms with van der Waals surface area (Å²) in [6, 6.07) is 23.8. The Bertz CT molecular complexity index is 934. The fourth-order valence-corrected chi connectivity index (χ4v) is 6.00. The van der Waals surface area contributed by atoms with Gasteiger partial charge in [0.15, 0.2) is 7.14 Å². The van der Waals surface area contributed by atoms with Crippen LogP contribution in [-0.2, 0) is 9.30 Å². The van der Waals surface area contributed by atoms with Gasteiger partial charge >= 0.3 is 0 Å². The molecule has 0 aliphatic rings. The lowest BCUT2D eigenvalue weighted by Gasteiger charge is -2.23. The Hall–Kier alpha value is -2.63. The van der Waals surface area contributed by atoms with Crippen molar-refractivity contribution in [1.29, 1.82) is 0 Å². The molecule has 7 heteroatoms. The lowest BCUT2D eigenvalue weighted by Crippen LogP contribution is -2.27. The summed E-state index contributed by atoms with van der Waals surface area (Å²) in [4.78, 5) is 0. The van der Waals surface area contributed by atoms with Crippen molar-refractivity contribution >= 4 is 23.1 Å². The molecule has 0 spiro atoms. The Labute approximate surface area is 182 Å². The Morgan fingerprint density at radius 2 is 1.29 bits per heavy atom. The van der Waals surface area contributed by atoms with Gasteiger partial charge in [-0.15, -0.1) is 0 Å². The third-order valence-electron chi connectivity index (χ3n) is 4.59. The average Bonchev–Trinajstić information content (AvgIpc) is 2.83. The predicted molar refractivity (Wildman–Crippen MR) is 122 cm³/mol. The van der Waals surface area contributed by atoms with Crippen LogP contribution in [0.15, 0.2) is 78.9 Å². The van der Waals surface area contributed by atoms with Crippen molar-refractivity contribution in [2.24, 2.45) is 0 Å². The summed E-state index contributed by atoms with van der Waals surface area (Å²) in [5, 5.41) is 19.9. The first-order valence-electron chi connectivity index (χ1n) is 10.1. The van der Waals surface area contributed by atoms with Crippen LogP contribution >= 0.6 is 7.14 Å². The van der Waals surface area contributed by atoms with E-state index in [0.29, 0.717) is 34.0 Å². The first kappa shape index (κ1) is 23.0. The summed E-state index contributed by atoms with van der Waals surface area (Å²) in [7, 11) is -3.28. The van der Waals surface area contributed by atoms with Crippen molar-refractivity contribution in [2.45, 2.75) is 0 Å². The molecule has 0 saturated heterocycles. The Morgan fingerprint density at radius 1 is 0.677 bits per heavy atom. The number of hydrogen-bond acceptors (Lipinski definition) is 6. The molecule has 0 bridgehead atoms. The van der Waals surface area contributed by atoms with Gasteiger partial charge in [0.2, 0.25) is 0 Å². The monoisotopic (exact) mass is 442 g/mol. The highest BCUT2D eigenvalue weighted by molar-refractivity contribution is 7.85. The van der Waals surface area contributed by atoms with Crippen LogP contribution in [0.3, 0.4) is 0 Å². The van der Waals surface area contributed by atoms with E-state index < -0.39 is 7.14 Å². The van der Waals surface area contributed by atoms with Gasteiger partial charge in [0.25, 0.3) is 0 Å². The van der Waals surface area contributed by atoms with Crippen molar-refractivity contribution in [1.82, 2.24) is 0 Å². The van der Waals surface area contributed by atoms with Crippen LogP contribution in [0.4, 0.5) is 0 Å². The highest BCUT2D eigenvalue weighted by Crippen LogP contribution is 2.45. The number of hydrogen-bond donors (Lipinski definition) is 2. The van der Waals surface area contributed by atoms with E-state index in [-0.39, 0.29) is 33.0 Å². The van der Waals surface area contributed by atoms with Gasteiger partial charge < -0.3 is 29.0 Å². The molecule has 0 radical (unpaired) electrons. The smallest absolute Gasteiger partial charge is 0.174 e. The number of aliphatic hydroxyl groups excluding tert-OH is 2. The number of benzene rings is 3. The van der Waals surface area contributed by atoms with E-state index >= 15 is 0 Å². The number of rotatable bonds is 12. The zero-order valence-electron chi connectivity index (χ0n) is 17.2. The van der Waals surface area contributed by atoms with E-state index in [1.165, 1.54) is 0 Å². The second kappa shape index (κ2) is 11.7. The molecule has 3 rings (SSSR count). The summed E-state index contributed by atoms with van der Waals surface area (Å²) >= 11 is 0. The minimum atomic E-state index is -3.28. The maximum absolute atomic E-state index is 14.7. The maximum Gasteiger partial charge on any atom is 0.174 e. The van der Waals surface area contributed by atoms with Crippen LogP contribution in [0.5, 0.6) is 11.5 Å². The molecular weight excluding hydrogens is 415 g/mol. The fourth-order valence-electron chi connectivity index (χ4n) is 3.20. The van der Waals surface area contributed by atoms with Crippen LogP contribution in [0, 0.1) is 0 Å². The standard InChI is InChI=1S/C24H27O6P/c25-13-15-28-17-18-29-20-11-12-23(30-16-14-26)24(19-20)31(27,21-7-3-1-4-8-21)22-9-5-2-6-10-22/h1-12,19,25-26H,13-18H2. The number of aliphatic hydroxyl groups is 2. The molecule has 0 saturated carbocycles. The van der Waals surface area contributed by atoms with E-state index in [9.17, 15) is 9.67 Å². The maximum atomic E-state index is 14.7. The molecule has 0 aromatic heterocycles. The van der Waals surface area contributed by atoms with Crippen LogP contribution in [0.25, 0.3) is 0 Å². The molecule has 3 aromatic rings. The first-order valence-corrected chi connectivity index (χ1v) is 11.8. The molecule has 0 fully saturated rings. The van der Waals surface area contributed by atoms with Crippen molar-refractivity contribution in [2.75, 3.05) is 39.6 Å². The molecule has 0 heterocycles. The molecule has 2 N–H and O–H groups in total. The summed E-state index contributed by atoms with van der Waals surface area (Å²) < 4.78 is 31.5. The lowest BCUT2D eigenvalue weighted by molar-refractivity contribution is 0.0705. The summed E-state index contributed by atoms with van der Waals surface area (Å²) in [5.74, 6) is 0.972. The topological polar surface area (TPSA) is 85.2 Å². The minimum Gasteiger partial charge on any atom is -0.491 e. The molecule has 0 atom stereocenters. The first-order chi connectivity index (χ1) is 15.2. The van der Waals surface area contributed by atoms with Crippen LogP contribution in [0.2, 0.25) is 0 Å². The predicted octanol–water partition coefficient (Wildman–Crippen LogP) is 2.08. The zero-order valence-corrected chi connectivity index (χ0v) is 18.1. The summed E-state index contributed by atoms with van der Waals surface area (Å²) in [5.41, 5.74) is 0. The van der Waals surface area contributed by atoms with Crippen LogP contribution in [-0.4, -0.2) is 49.9 Å². The fraction of sp³-hybridized carbons (Fsp3) is 0.250. The van der Waals surface area contributed by atoms with Gasteiger partial charge in [-0.3, -0.25) is 0 Å². The Balaban J connectivity index is 2.05. The van der Waals surface area contributed by atoms with Crippen LogP contribution < -0.4 is 25.4 Å². The molecule has 6 nitrogen and oxygen atoms in total. The average molecular weight is 442 g/mol. The third kappa shape index (κ3) is 5.75. The van der Waals surface area contributed by atoms with Crippen molar-refractivity contribution < 1.29 is 29.0 Å². The molecule has 0 aliphatic carbocycles. The van der Waals surface area contributed by atoms with Crippen LogP contribution in [0.1, 0.15) is 0 Å². The van der Waals surface area contributed by atoms with Gasteiger partial charge in [-0.1, -0.05) is 60.7 Å². The second-order valence-corrected chi connectivity index (χ2v) is 9.40. The molecular formula is C24H27O6P. The second-order valence-electron chi connectivity index (χ2n) is 6.67. The number of ether oxygens (including phenoxy) is 3. The Morgan fingerprint density at radius 3 is 1.87 bits per heavy atom. The van der Waals surface area contributed by atoms with Gasteiger partial charge in [0, 0.05) is 10.6 Å². The molecule has 3 aromatic carbocycles. The minimum absolute atomic E-state index is 0.0433.